The van der Waals surface area contributed by atoms with E-state index in [0.29, 0.717) is 12.0 Å². The Morgan fingerprint density at radius 3 is 1.97 bits per heavy atom. The highest BCUT2D eigenvalue weighted by atomic mass is 16.5. The van der Waals surface area contributed by atoms with Gasteiger partial charge in [0.05, 0.1) is 14.2 Å². The first-order chi connectivity index (χ1) is 14.7. The molecule has 0 aliphatic carbocycles. The highest BCUT2D eigenvalue weighted by molar-refractivity contribution is 5.40. The van der Waals surface area contributed by atoms with Crippen LogP contribution in [0.3, 0.4) is 0 Å². The maximum absolute atomic E-state index is 5.53. The van der Waals surface area contributed by atoms with Crippen LogP contribution in [0.5, 0.6) is 11.5 Å². The SMILES string of the molecule is COc1ccc(CC[C@H](C)NCCC(c2ccccc2)c2ccccc2)c(OC)c1. The van der Waals surface area contributed by atoms with E-state index < -0.39 is 0 Å². The van der Waals surface area contributed by atoms with Crippen molar-refractivity contribution >= 4 is 0 Å². The smallest absolute Gasteiger partial charge is 0.125 e. The minimum absolute atomic E-state index is 0.411. The average Bonchev–Trinajstić information content (AvgIpc) is 2.81. The van der Waals surface area contributed by atoms with Crippen LogP contribution < -0.4 is 14.8 Å². The largest absolute Gasteiger partial charge is 0.497 e. The predicted octanol–water partition coefficient (Wildman–Crippen LogP) is 5.84. The van der Waals surface area contributed by atoms with E-state index in [1.165, 1.54) is 16.7 Å². The Hall–Kier alpha value is -2.78. The molecule has 3 aromatic carbocycles. The molecule has 0 aliphatic heterocycles. The van der Waals surface area contributed by atoms with E-state index in [2.05, 4.69) is 79.0 Å². The van der Waals surface area contributed by atoms with Crippen molar-refractivity contribution in [1.82, 2.24) is 5.32 Å². The van der Waals surface area contributed by atoms with E-state index >= 15 is 0 Å². The van der Waals surface area contributed by atoms with Crippen LogP contribution in [0.15, 0.2) is 78.9 Å². The van der Waals surface area contributed by atoms with Gasteiger partial charge in [-0.05, 0) is 55.5 Å². The minimum atomic E-state index is 0.411. The molecule has 1 atom stereocenters. The van der Waals surface area contributed by atoms with Gasteiger partial charge in [0, 0.05) is 18.0 Å². The number of rotatable bonds is 11. The number of aryl methyl sites for hydroxylation is 1. The Morgan fingerprint density at radius 1 is 0.767 bits per heavy atom. The Labute approximate surface area is 181 Å². The summed E-state index contributed by atoms with van der Waals surface area (Å²) in [4.78, 5) is 0. The summed E-state index contributed by atoms with van der Waals surface area (Å²) in [5, 5.41) is 3.72. The molecule has 3 aromatic rings. The summed E-state index contributed by atoms with van der Waals surface area (Å²) in [5.74, 6) is 2.14. The second-order valence-electron chi connectivity index (χ2n) is 7.73. The summed E-state index contributed by atoms with van der Waals surface area (Å²) in [5.41, 5.74) is 3.97. The Balaban J connectivity index is 1.54. The summed E-state index contributed by atoms with van der Waals surface area (Å²) in [7, 11) is 3.39. The molecule has 3 heteroatoms. The number of benzene rings is 3. The van der Waals surface area contributed by atoms with E-state index in [-0.39, 0.29) is 0 Å². The Morgan fingerprint density at radius 2 is 1.40 bits per heavy atom. The topological polar surface area (TPSA) is 30.5 Å². The van der Waals surface area contributed by atoms with Gasteiger partial charge in [-0.25, -0.2) is 0 Å². The van der Waals surface area contributed by atoms with Crippen LogP contribution in [0.4, 0.5) is 0 Å². The van der Waals surface area contributed by atoms with Crippen molar-refractivity contribution in [1.29, 1.82) is 0 Å². The van der Waals surface area contributed by atoms with Crippen LogP contribution in [0.1, 0.15) is 42.4 Å². The summed E-state index contributed by atoms with van der Waals surface area (Å²) in [6, 6.07) is 28.1. The van der Waals surface area contributed by atoms with Gasteiger partial charge in [0.15, 0.2) is 0 Å². The first-order valence-corrected chi connectivity index (χ1v) is 10.8. The van der Waals surface area contributed by atoms with Crippen molar-refractivity contribution in [2.24, 2.45) is 0 Å². The van der Waals surface area contributed by atoms with Crippen molar-refractivity contribution in [2.75, 3.05) is 20.8 Å². The molecule has 0 aliphatic rings. The standard InChI is InChI=1S/C27H33NO2/c1-21(14-15-24-16-17-25(29-2)20-27(24)30-3)28-19-18-26(22-10-6-4-7-11-22)23-12-8-5-9-13-23/h4-13,16-17,20-21,26,28H,14-15,18-19H2,1-3H3/t21-/m0/s1. The summed E-state index contributed by atoms with van der Waals surface area (Å²) in [6.07, 6.45) is 3.11. The third kappa shape index (κ3) is 6.11. The fourth-order valence-electron chi connectivity index (χ4n) is 3.90. The molecule has 30 heavy (non-hydrogen) atoms. The van der Waals surface area contributed by atoms with E-state index in [1.807, 2.05) is 12.1 Å². The highest BCUT2D eigenvalue weighted by Gasteiger charge is 2.14. The van der Waals surface area contributed by atoms with E-state index in [9.17, 15) is 0 Å². The summed E-state index contributed by atoms with van der Waals surface area (Å²) < 4.78 is 10.8. The molecule has 0 saturated heterocycles. The van der Waals surface area contributed by atoms with Gasteiger partial charge in [-0.1, -0.05) is 66.7 Å². The number of hydrogen-bond donors (Lipinski definition) is 1. The first-order valence-electron chi connectivity index (χ1n) is 10.8. The molecule has 1 N–H and O–H groups in total. The highest BCUT2D eigenvalue weighted by Crippen LogP contribution is 2.28. The molecule has 3 rings (SSSR count). The lowest BCUT2D eigenvalue weighted by molar-refractivity contribution is 0.389. The predicted molar refractivity (Wildman–Crippen MR) is 125 cm³/mol. The van der Waals surface area contributed by atoms with Gasteiger partial charge in [0.1, 0.15) is 11.5 Å². The number of ether oxygens (including phenoxy) is 2. The molecule has 0 saturated carbocycles. The summed E-state index contributed by atoms with van der Waals surface area (Å²) in [6.45, 7) is 3.24. The van der Waals surface area contributed by atoms with Crippen LogP contribution in [0, 0.1) is 0 Å². The molecule has 0 fully saturated rings. The molecular weight excluding hydrogens is 370 g/mol. The lowest BCUT2D eigenvalue weighted by Gasteiger charge is -2.21. The monoisotopic (exact) mass is 403 g/mol. The number of hydrogen-bond acceptors (Lipinski definition) is 3. The molecular formula is C27H33NO2. The molecule has 0 amide bonds. The van der Waals surface area contributed by atoms with Crippen LogP contribution in [0.2, 0.25) is 0 Å². The fraction of sp³-hybridized carbons (Fsp3) is 0.333. The maximum atomic E-state index is 5.53. The Bertz CT molecular complexity index is 840. The van der Waals surface area contributed by atoms with E-state index in [0.717, 1.165) is 37.3 Å². The zero-order chi connectivity index (χ0) is 21.2. The molecule has 0 spiro atoms. The summed E-state index contributed by atoms with van der Waals surface area (Å²) >= 11 is 0. The second kappa shape index (κ2) is 11.4. The van der Waals surface area contributed by atoms with Crippen LogP contribution in [-0.4, -0.2) is 26.8 Å². The van der Waals surface area contributed by atoms with E-state index in [4.69, 9.17) is 9.47 Å². The number of nitrogens with one attached hydrogen (secondary N) is 1. The normalized spacial score (nSPS) is 12.0. The van der Waals surface area contributed by atoms with Crippen molar-refractivity contribution < 1.29 is 9.47 Å². The average molecular weight is 404 g/mol. The van der Waals surface area contributed by atoms with Crippen LogP contribution >= 0.6 is 0 Å². The van der Waals surface area contributed by atoms with Gasteiger partial charge in [0.2, 0.25) is 0 Å². The zero-order valence-corrected chi connectivity index (χ0v) is 18.3. The molecule has 0 radical (unpaired) electrons. The van der Waals surface area contributed by atoms with Gasteiger partial charge >= 0.3 is 0 Å². The third-order valence-electron chi connectivity index (χ3n) is 5.67. The molecule has 0 unspecified atom stereocenters. The quantitative estimate of drug-likeness (QED) is 0.436. The second-order valence-corrected chi connectivity index (χ2v) is 7.73. The molecule has 158 valence electrons. The number of methoxy groups -OCH3 is 2. The molecule has 0 aromatic heterocycles. The van der Waals surface area contributed by atoms with Crippen LogP contribution in [-0.2, 0) is 6.42 Å². The van der Waals surface area contributed by atoms with Gasteiger partial charge in [-0.3, -0.25) is 0 Å². The molecule has 0 heterocycles. The zero-order valence-electron chi connectivity index (χ0n) is 18.3. The third-order valence-corrected chi connectivity index (χ3v) is 5.67. The van der Waals surface area contributed by atoms with Gasteiger partial charge in [0.25, 0.3) is 0 Å². The molecule has 3 nitrogen and oxygen atoms in total. The van der Waals surface area contributed by atoms with Gasteiger partial charge < -0.3 is 14.8 Å². The molecule has 0 bridgehead atoms. The van der Waals surface area contributed by atoms with Crippen molar-refractivity contribution in [3.8, 4) is 11.5 Å². The Kier molecular flexibility index (Phi) is 8.34. The van der Waals surface area contributed by atoms with Crippen molar-refractivity contribution in [2.45, 2.75) is 38.1 Å². The van der Waals surface area contributed by atoms with Crippen molar-refractivity contribution in [3.05, 3.63) is 95.6 Å². The fourth-order valence-corrected chi connectivity index (χ4v) is 3.90. The van der Waals surface area contributed by atoms with Crippen LogP contribution in [0.25, 0.3) is 0 Å². The van der Waals surface area contributed by atoms with Gasteiger partial charge in [-0.2, -0.15) is 0 Å². The first kappa shape index (κ1) is 21.9. The maximum Gasteiger partial charge on any atom is 0.125 e. The van der Waals surface area contributed by atoms with E-state index in [1.54, 1.807) is 14.2 Å². The van der Waals surface area contributed by atoms with Gasteiger partial charge in [-0.15, -0.1) is 0 Å². The van der Waals surface area contributed by atoms with Crippen molar-refractivity contribution in [3.63, 3.8) is 0 Å². The lowest BCUT2D eigenvalue weighted by Crippen LogP contribution is -2.28. The lowest BCUT2D eigenvalue weighted by atomic mass is 9.88. The minimum Gasteiger partial charge on any atom is -0.497 e.